The summed E-state index contributed by atoms with van der Waals surface area (Å²) < 4.78 is 63.9. The minimum absolute atomic E-state index is 0.104. The molecule has 3 aromatic carbocycles. The minimum atomic E-state index is -5.72. The van der Waals surface area contributed by atoms with Crippen molar-refractivity contribution in [2.45, 2.75) is 41.6 Å². The average Bonchev–Trinajstić information content (AvgIpc) is 3.43. The SMILES string of the molecule is CC(c1ccnc(NC(=O)c2cccc(Cl)c2)c1)C1(C(C)c2ccnc(NC(=O)c3cccc(Cl)c3)c2)NC(=O)N(c2ccc(S(=O)(=O)C(F)(F)F)cc2)C1=O. The minimum Gasteiger partial charge on any atom is -0.322 e. The summed E-state index contributed by atoms with van der Waals surface area (Å²) in [5, 5.41) is 8.87. The van der Waals surface area contributed by atoms with Crippen LogP contribution >= 0.6 is 23.2 Å². The van der Waals surface area contributed by atoms with Crippen LogP contribution < -0.4 is 20.9 Å². The molecular formula is C38H29Cl2F3N6O6S. The van der Waals surface area contributed by atoms with Crippen LogP contribution in [0.3, 0.4) is 0 Å². The highest BCUT2D eigenvalue weighted by molar-refractivity contribution is 7.92. The summed E-state index contributed by atoms with van der Waals surface area (Å²) in [5.74, 6) is -3.50. The van der Waals surface area contributed by atoms with E-state index in [1.54, 1.807) is 62.4 Å². The maximum absolute atomic E-state index is 14.8. The van der Waals surface area contributed by atoms with Gasteiger partial charge in [-0.2, -0.15) is 13.2 Å². The second-order valence-electron chi connectivity index (χ2n) is 12.7. The summed E-state index contributed by atoms with van der Waals surface area (Å²) in [5.41, 5.74) is -6.27. The van der Waals surface area contributed by atoms with Gasteiger partial charge in [0.05, 0.1) is 10.6 Å². The Kier molecular flexibility index (Phi) is 10.9. The zero-order valence-corrected chi connectivity index (χ0v) is 31.5. The van der Waals surface area contributed by atoms with Crippen molar-refractivity contribution >= 4 is 74.1 Å². The zero-order valence-electron chi connectivity index (χ0n) is 29.1. The molecule has 2 atom stereocenters. The number of nitrogens with zero attached hydrogens (tertiary/aromatic N) is 3. The molecule has 0 bridgehead atoms. The Balaban J connectivity index is 1.39. The summed E-state index contributed by atoms with van der Waals surface area (Å²) in [6.07, 6.45) is 2.79. The van der Waals surface area contributed by atoms with Gasteiger partial charge in [-0.25, -0.2) is 28.1 Å². The summed E-state index contributed by atoms with van der Waals surface area (Å²) in [7, 11) is -5.72. The van der Waals surface area contributed by atoms with Gasteiger partial charge in [0.15, 0.2) is 0 Å². The fourth-order valence-corrected chi connectivity index (χ4v) is 7.54. The van der Waals surface area contributed by atoms with E-state index in [2.05, 4.69) is 25.9 Å². The quantitative estimate of drug-likeness (QED) is 0.119. The van der Waals surface area contributed by atoms with Crippen molar-refractivity contribution in [2.75, 3.05) is 15.5 Å². The monoisotopic (exact) mass is 824 g/mol. The van der Waals surface area contributed by atoms with Gasteiger partial charge in [0.1, 0.15) is 17.2 Å². The van der Waals surface area contributed by atoms with E-state index < -0.39 is 61.4 Å². The molecule has 2 aromatic heterocycles. The van der Waals surface area contributed by atoms with Crippen LogP contribution in [0.5, 0.6) is 0 Å². The van der Waals surface area contributed by atoms with Crippen molar-refractivity contribution in [2.24, 2.45) is 0 Å². The normalized spacial score (nSPS) is 16.9. The van der Waals surface area contributed by atoms with E-state index in [9.17, 15) is 40.8 Å². The number of aromatic nitrogens is 2. The Labute approximate surface area is 328 Å². The molecule has 3 heterocycles. The summed E-state index contributed by atoms with van der Waals surface area (Å²) in [4.78, 5) is 62.9. The van der Waals surface area contributed by atoms with Gasteiger partial charge in [-0.1, -0.05) is 49.2 Å². The third-order valence-electron chi connectivity index (χ3n) is 9.37. The van der Waals surface area contributed by atoms with Crippen LogP contribution in [0.1, 0.15) is 57.5 Å². The number of halogens is 5. The van der Waals surface area contributed by atoms with E-state index in [0.29, 0.717) is 38.2 Å². The number of imide groups is 1. The number of carbonyl (C=O) groups is 4. The fraction of sp³-hybridized carbons (Fsp3) is 0.158. The molecule has 0 saturated carbocycles. The molecule has 0 aliphatic carbocycles. The van der Waals surface area contributed by atoms with Crippen molar-refractivity contribution in [3.8, 4) is 0 Å². The van der Waals surface area contributed by atoms with E-state index >= 15 is 0 Å². The highest BCUT2D eigenvalue weighted by Gasteiger charge is 2.59. The third-order valence-corrected chi connectivity index (χ3v) is 11.3. The molecule has 0 radical (unpaired) electrons. The number of anilines is 3. The van der Waals surface area contributed by atoms with Gasteiger partial charge in [0.25, 0.3) is 27.6 Å². The Morgan fingerprint density at radius 3 is 1.64 bits per heavy atom. The third kappa shape index (κ3) is 7.67. The van der Waals surface area contributed by atoms with E-state index in [-0.39, 0.29) is 28.5 Å². The number of rotatable bonds is 10. The molecule has 1 aliphatic heterocycles. The number of nitrogens with one attached hydrogen (secondary N) is 3. The lowest BCUT2D eigenvalue weighted by Gasteiger charge is -2.39. The summed E-state index contributed by atoms with van der Waals surface area (Å²) in [6.45, 7) is 3.30. The molecule has 288 valence electrons. The first-order chi connectivity index (χ1) is 26.4. The van der Waals surface area contributed by atoms with Crippen molar-refractivity contribution in [3.63, 3.8) is 0 Å². The molecule has 5 amide bonds. The van der Waals surface area contributed by atoms with Crippen LogP contribution in [0.15, 0.2) is 114 Å². The molecule has 3 N–H and O–H groups in total. The Morgan fingerprint density at radius 2 is 1.21 bits per heavy atom. The molecule has 1 saturated heterocycles. The molecule has 2 unspecified atom stereocenters. The van der Waals surface area contributed by atoms with Crippen molar-refractivity contribution < 1.29 is 40.8 Å². The van der Waals surface area contributed by atoms with Crippen molar-refractivity contribution in [1.82, 2.24) is 15.3 Å². The first-order valence-corrected chi connectivity index (χ1v) is 18.8. The first-order valence-electron chi connectivity index (χ1n) is 16.6. The standard InChI is InChI=1S/C38H29Cl2F3N6O6S/c1-21(23-13-15-44-31(19-23)46-33(50)25-5-3-7-27(39)17-25)37(22(2)24-14-16-45-32(20-24)47-34(51)26-6-4-8-28(40)18-26)35(52)49(36(53)48-37)29-9-11-30(12-10-29)56(54,55)38(41,42)43/h3-22H,1-2H3,(H,48,53)(H,44,46,50)(H,45,47,51). The molecule has 1 fully saturated rings. The van der Waals surface area contributed by atoms with Gasteiger partial charge < -0.3 is 16.0 Å². The smallest absolute Gasteiger partial charge is 0.322 e. The number of benzene rings is 3. The first kappa shape index (κ1) is 39.8. The van der Waals surface area contributed by atoms with Gasteiger partial charge in [-0.05, 0) is 96.1 Å². The number of amides is 5. The molecule has 56 heavy (non-hydrogen) atoms. The number of hydrogen-bond acceptors (Lipinski definition) is 8. The number of hydrogen-bond donors (Lipinski definition) is 3. The number of carbonyl (C=O) groups excluding carboxylic acids is 4. The summed E-state index contributed by atoms with van der Waals surface area (Å²) in [6, 6.07) is 20.8. The maximum atomic E-state index is 14.8. The zero-order chi connectivity index (χ0) is 40.6. The van der Waals surface area contributed by atoms with Crippen molar-refractivity contribution in [1.29, 1.82) is 0 Å². The summed E-state index contributed by atoms with van der Waals surface area (Å²) >= 11 is 12.1. The number of alkyl halides is 3. The lowest BCUT2D eigenvalue weighted by molar-refractivity contribution is -0.123. The molecule has 1 aliphatic rings. The molecular weight excluding hydrogens is 796 g/mol. The van der Waals surface area contributed by atoms with Gasteiger partial charge in [0, 0.05) is 45.4 Å². The molecule has 12 nitrogen and oxygen atoms in total. The Bertz CT molecular complexity index is 2380. The van der Waals surface area contributed by atoms with Crippen LogP contribution in [0.2, 0.25) is 10.0 Å². The number of pyridine rings is 2. The van der Waals surface area contributed by atoms with E-state index in [4.69, 9.17) is 23.2 Å². The van der Waals surface area contributed by atoms with E-state index in [1.165, 1.54) is 36.7 Å². The van der Waals surface area contributed by atoms with E-state index in [0.717, 1.165) is 12.1 Å². The molecule has 5 aromatic rings. The Hall–Kier alpha value is -5.84. The fourth-order valence-electron chi connectivity index (χ4n) is 6.40. The van der Waals surface area contributed by atoms with Crippen LogP contribution in [0.25, 0.3) is 0 Å². The van der Waals surface area contributed by atoms with Gasteiger partial charge in [-0.3, -0.25) is 14.4 Å². The average molecular weight is 826 g/mol. The van der Waals surface area contributed by atoms with Gasteiger partial charge in [0.2, 0.25) is 0 Å². The van der Waals surface area contributed by atoms with Gasteiger partial charge >= 0.3 is 11.5 Å². The molecule has 18 heteroatoms. The Morgan fingerprint density at radius 1 is 0.750 bits per heavy atom. The topological polar surface area (TPSA) is 168 Å². The largest absolute Gasteiger partial charge is 0.501 e. The molecule has 6 rings (SSSR count). The lowest BCUT2D eigenvalue weighted by atomic mass is 9.70. The number of sulfone groups is 1. The highest BCUT2D eigenvalue weighted by Crippen LogP contribution is 2.45. The number of urea groups is 1. The predicted molar refractivity (Wildman–Crippen MR) is 203 cm³/mol. The second kappa shape index (κ2) is 15.4. The van der Waals surface area contributed by atoms with E-state index in [1.807, 2.05) is 0 Å². The van der Waals surface area contributed by atoms with Gasteiger partial charge in [-0.15, -0.1) is 0 Å². The lowest BCUT2D eigenvalue weighted by Crippen LogP contribution is -2.55. The molecule has 0 spiro atoms. The predicted octanol–water partition coefficient (Wildman–Crippen LogP) is 7.98. The highest BCUT2D eigenvalue weighted by atomic mass is 35.5. The maximum Gasteiger partial charge on any atom is 0.501 e. The van der Waals surface area contributed by atoms with Crippen LogP contribution in [0, 0.1) is 0 Å². The van der Waals surface area contributed by atoms with Crippen LogP contribution in [0.4, 0.5) is 35.3 Å². The van der Waals surface area contributed by atoms with Crippen molar-refractivity contribution in [3.05, 3.63) is 142 Å². The van der Waals surface area contributed by atoms with Crippen LogP contribution in [-0.2, 0) is 14.6 Å². The van der Waals surface area contributed by atoms with Crippen LogP contribution in [-0.4, -0.2) is 53.2 Å². The second-order valence-corrected chi connectivity index (χ2v) is 15.5.